The molecule has 4 aliphatic rings. The molecule has 1 aromatic rings. The molecule has 6 atom stereocenters. The molecule has 34 heavy (non-hydrogen) atoms. The molecule has 4 aliphatic carbocycles. The van der Waals surface area contributed by atoms with Gasteiger partial charge in [-0.3, -0.25) is 4.79 Å². The summed E-state index contributed by atoms with van der Waals surface area (Å²) in [7, 11) is 4.73. The van der Waals surface area contributed by atoms with Gasteiger partial charge in [0.25, 0.3) is 0 Å². The largest absolute Gasteiger partial charge is 0.828 e. The molecule has 186 valence electrons. The molecule has 1 N–H and O–H groups in total. The summed E-state index contributed by atoms with van der Waals surface area (Å²) in [5, 5.41) is 24.0. The van der Waals surface area contributed by atoms with Crippen molar-refractivity contribution in [3.8, 4) is 0 Å². The van der Waals surface area contributed by atoms with Gasteiger partial charge in [0, 0.05) is 58.2 Å². The lowest BCUT2D eigenvalue weighted by Gasteiger charge is -2.55. The Morgan fingerprint density at radius 1 is 1.06 bits per heavy atom. The normalized spacial score (nSPS) is 37.7. The first-order chi connectivity index (χ1) is 16.2. The van der Waals surface area contributed by atoms with E-state index in [0.717, 1.165) is 36.8 Å². The number of hydrogen-bond donors (Lipinski definition) is 1. The van der Waals surface area contributed by atoms with Gasteiger partial charge in [0.2, 0.25) is 0 Å². The van der Waals surface area contributed by atoms with Crippen molar-refractivity contribution in [2.45, 2.75) is 81.9 Å². The number of hydrogen-bond acceptors (Lipinski definition) is 6. The Morgan fingerprint density at radius 2 is 1.76 bits per heavy atom. The topological polar surface area (TPSA) is 88.1 Å². The first-order valence-electron chi connectivity index (χ1n) is 12.6. The molecule has 1 unspecified atom stereocenters. The summed E-state index contributed by atoms with van der Waals surface area (Å²) in [5.74, 6) is 0.296. The lowest BCUT2D eigenvalue weighted by molar-refractivity contribution is -0.495. The Bertz CT molecular complexity index is 979. The van der Waals surface area contributed by atoms with E-state index in [2.05, 4.69) is 6.92 Å². The number of benzene rings is 1. The number of carbonyl (C=O) groups is 1. The van der Waals surface area contributed by atoms with Gasteiger partial charge >= 0.3 is 0 Å². The molecule has 0 radical (unpaired) electrons. The van der Waals surface area contributed by atoms with Crippen molar-refractivity contribution in [3.05, 3.63) is 46.5 Å². The molecule has 0 bridgehead atoms. The van der Waals surface area contributed by atoms with Crippen LogP contribution >= 0.6 is 0 Å². The summed E-state index contributed by atoms with van der Waals surface area (Å²) in [4.78, 5) is 13.1. The number of ketones is 1. The third-order valence-electron chi connectivity index (χ3n) is 9.69. The highest BCUT2D eigenvalue weighted by atomic mass is 16.7. The maximum absolute atomic E-state index is 13.1. The molecule has 1 aromatic carbocycles. The summed E-state index contributed by atoms with van der Waals surface area (Å²) >= 11 is 0. The van der Waals surface area contributed by atoms with Gasteiger partial charge in [0.15, 0.2) is 5.79 Å². The van der Waals surface area contributed by atoms with E-state index in [1.165, 1.54) is 12.7 Å². The summed E-state index contributed by atoms with van der Waals surface area (Å²) in [6.45, 7) is 2.16. The monoisotopic (exact) mass is 469 g/mol. The highest BCUT2D eigenvalue weighted by Crippen LogP contribution is 2.64. The summed E-state index contributed by atoms with van der Waals surface area (Å²) < 4.78 is 16.4. The van der Waals surface area contributed by atoms with E-state index in [4.69, 9.17) is 14.2 Å². The first-order valence-corrected chi connectivity index (χ1v) is 12.6. The second-order valence-electron chi connectivity index (χ2n) is 11.1. The molecule has 6 nitrogen and oxygen atoms in total. The van der Waals surface area contributed by atoms with E-state index >= 15 is 0 Å². The zero-order valence-corrected chi connectivity index (χ0v) is 20.8. The predicted molar refractivity (Wildman–Crippen MR) is 125 cm³/mol. The molecule has 0 heterocycles. The molecule has 6 heteroatoms. The van der Waals surface area contributed by atoms with Crippen LogP contribution in [0.4, 0.5) is 0 Å². The van der Waals surface area contributed by atoms with Gasteiger partial charge in [-0.15, -0.1) is 0 Å². The number of Topliss-reactive ketones (excluding diaryl/α,β-unsaturated/α-hetero) is 1. The molecule has 0 aliphatic heterocycles. The molecular formula is C28H37O6-. The number of allylic oxidation sites excluding steroid dienone is 1. The van der Waals surface area contributed by atoms with E-state index in [1.54, 1.807) is 14.2 Å². The van der Waals surface area contributed by atoms with Gasteiger partial charge < -0.3 is 24.4 Å². The van der Waals surface area contributed by atoms with Crippen LogP contribution in [0.25, 0.3) is 0 Å². The molecular weight excluding hydrogens is 432 g/mol. The molecule has 5 rings (SSSR count). The maximum atomic E-state index is 13.1. The van der Waals surface area contributed by atoms with E-state index in [0.29, 0.717) is 48.9 Å². The molecule has 0 saturated heterocycles. The third kappa shape index (κ3) is 3.53. The van der Waals surface area contributed by atoms with E-state index < -0.39 is 17.7 Å². The van der Waals surface area contributed by atoms with Gasteiger partial charge in [-0.05, 0) is 60.6 Å². The second kappa shape index (κ2) is 8.52. The highest BCUT2D eigenvalue weighted by Gasteiger charge is 2.60. The highest BCUT2D eigenvalue weighted by molar-refractivity contribution is 5.87. The Morgan fingerprint density at radius 3 is 2.41 bits per heavy atom. The summed E-state index contributed by atoms with van der Waals surface area (Å²) in [6, 6.07) is 7.72. The molecule has 0 amide bonds. The standard InChI is InChI=1S/C28H37O6/c1-26-15-20(17-5-7-18(8-6-17)25(30)32-2)24-19(21(26)9-10-23(26)29)11-13-27(31)16-28(33-3,34-4)14-12-22(24)27/h5-8,19-21,25,31H,9-16H2,1-4H3/q-1/t19-,20+,21-,25?,26-,27+/m0/s1. The van der Waals surface area contributed by atoms with Crippen LogP contribution in [-0.4, -0.2) is 43.6 Å². The lowest BCUT2D eigenvalue weighted by atomic mass is 9.51. The van der Waals surface area contributed by atoms with Crippen molar-refractivity contribution in [1.29, 1.82) is 0 Å². The van der Waals surface area contributed by atoms with Crippen LogP contribution in [0.2, 0.25) is 0 Å². The van der Waals surface area contributed by atoms with Gasteiger partial charge in [0.05, 0.1) is 5.60 Å². The van der Waals surface area contributed by atoms with Gasteiger partial charge in [0.1, 0.15) is 5.78 Å². The van der Waals surface area contributed by atoms with Crippen molar-refractivity contribution in [1.82, 2.24) is 0 Å². The number of ether oxygens (including phenoxy) is 3. The fourth-order valence-corrected chi connectivity index (χ4v) is 7.79. The number of aliphatic hydroxyl groups is 1. The predicted octanol–water partition coefficient (Wildman–Crippen LogP) is 3.78. The van der Waals surface area contributed by atoms with Gasteiger partial charge in [-0.2, -0.15) is 0 Å². The van der Waals surface area contributed by atoms with Gasteiger partial charge in [-0.1, -0.05) is 36.8 Å². The average molecular weight is 470 g/mol. The van der Waals surface area contributed by atoms with Crippen LogP contribution in [0, 0.1) is 17.3 Å². The minimum atomic E-state index is -1.21. The second-order valence-corrected chi connectivity index (χ2v) is 11.1. The summed E-state index contributed by atoms with van der Waals surface area (Å²) in [6.07, 6.45) is 4.53. The number of fused-ring (bicyclic) bond motifs is 4. The minimum absolute atomic E-state index is 0.0504. The third-order valence-corrected chi connectivity index (χ3v) is 9.69. The molecule has 3 fully saturated rings. The average Bonchev–Trinajstić information content (AvgIpc) is 3.16. The van der Waals surface area contributed by atoms with Crippen molar-refractivity contribution in [2.24, 2.45) is 17.3 Å². The van der Waals surface area contributed by atoms with E-state index in [1.807, 2.05) is 24.3 Å². The number of methoxy groups -OCH3 is 3. The van der Waals surface area contributed by atoms with Crippen molar-refractivity contribution in [2.75, 3.05) is 21.3 Å². The van der Waals surface area contributed by atoms with Crippen LogP contribution in [0.3, 0.4) is 0 Å². The fraction of sp³-hybridized carbons (Fsp3) is 0.679. The SMILES string of the molecule is COC([O-])c1ccc([C@H]2C[C@]3(C)C(=O)CC[C@H]3[C@@H]3CC[C@@]4(O)CC(OC)(OC)CCC4=C32)cc1. The molecule has 0 aromatic heterocycles. The van der Waals surface area contributed by atoms with Crippen LogP contribution < -0.4 is 5.11 Å². The Balaban J connectivity index is 1.61. The zero-order valence-electron chi connectivity index (χ0n) is 20.8. The minimum Gasteiger partial charge on any atom is -0.828 e. The lowest BCUT2D eigenvalue weighted by Crippen LogP contribution is -2.54. The van der Waals surface area contributed by atoms with Crippen LogP contribution in [0.15, 0.2) is 35.4 Å². The number of carbonyl (C=O) groups excluding carboxylic acids is 1. The Labute approximate surface area is 202 Å². The van der Waals surface area contributed by atoms with Gasteiger partial charge in [-0.25, -0.2) is 0 Å². The van der Waals surface area contributed by atoms with E-state index in [9.17, 15) is 15.0 Å². The molecule has 0 spiro atoms. The Hall–Kier alpha value is -1.57. The quantitative estimate of drug-likeness (QED) is 0.522. The van der Waals surface area contributed by atoms with E-state index in [-0.39, 0.29) is 11.3 Å². The zero-order chi connectivity index (χ0) is 24.3. The van der Waals surface area contributed by atoms with Crippen molar-refractivity contribution >= 4 is 5.78 Å². The smallest absolute Gasteiger partial charge is 0.170 e. The van der Waals surface area contributed by atoms with Crippen molar-refractivity contribution in [3.63, 3.8) is 0 Å². The van der Waals surface area contributed by atoms with Crippen molar-refractivity contribution < 1.29 is 29.2 Å². The van der Waals surface area contributed by atoms with Crippen LogP contribution in [0.5, 0.6) is 0 Å². The number of rotatable bonds is 5. The van der Waals surface area contributed by atoms with Crippen LogP contribution in [0.1, 0.15) is 81.6 Å². The Kier molecular flexibility index (Phi) is 6.05. The fourth-order valence-electron chi connectivity index (χ4n) is 7.79. The maximum Gasteiger partial charge on any atom is 0.170 e. The first kappa shape index (κ1) is 24.1. The van der Waals surface area contributed by atoms with Crippen LogP contribution in [-0.2, 0) is 19.0 Å². The summed E-state index contributed by atoms with van der Waals surface area (Å²) in [5.41, 5.74) is 2.89. The molecule has 3 saturated carbocycles.